The molecule has 1 aromatic heterocycles. The van der Waals surface area contributed by atoms with E-state index in [1.165, 1.54) is 54.6 Å². The van der Waals surface area contributed by atoms with Crippen LogP contribution in [0.2, 0.25) is 0 Å². The van der Waals surface area contributed by atoms with E-state index >= 15 is 0 Å². The van der Waals surface area contributed by atoms with Crippen LogP contribution >= 0.6 is 18.9 Å². The van der Waals surface area contributed by atoms with Crippen LogP contribution in [0.15, 0.2) is 77.0 Å². The van der Waals surface area contributed by atoms with Crippen LogP contribution in [0.5, 0.6) is 40.2 Å². The minimum atomic E-state index is -4.70. The zero-order valence-corrected chi connectivity index (χ0v) is 32.0. The van der Waals surface area contributed by atoms with E-state index in [4.69, 9.17) is 19.3 Å². The van der Waals surface area contributed by atoms with Gasteiger partial charge in [0.1, 0.15) is 41.3 Å². The van der Waals surface area contributed by atoms with Gasteiger partial charge in [-0.25, -0.2) is 17.4 Å². The number of benzene rings is 4. The van der Waals surface area contributed by atoms with Gasteiger partial charge in [0.25, 0.3) is 10.0 Å². The molecule has 0 aliphatic heterocycles. The van der Waals surface area contributed by atoms with Crippen molar-refractivity contribution >= 4 is 50.9 Å². The molecule has 21 heteroatoms. The van der Waals surface area contributed by atoms with Crippen LogP contribution in [0.25, 0.3) is 10.1 Å². The molecule has 5 aromatic rings. The van der Waals surface area contributed by atoms with Crippen molar-refractivity contribution in [1.82, 2.24) is 15.4 Å². The highest BCUT2D eigenvalue weighted by Crippen LogP contribution is 2.43. The lowest BCUT2D eigenvalue weighted by Gasteiger charge is -2.14. The Labute approximate surface area is 328 Å². The summed E-state index contributed by atoms with van der Waals surface area (Å²) in [6.45, 7) is -0.0987. The van der Waals surface area contributed by atoms with Crippen molar-refractivity contribution in [1.29, 1.82) is 5.26 Å². The van der Waals surface area contributed by atoms with Gasteiger partial charge in [-0.15, -0.1) is 11.3 Å². The first kappa shape index (κ1) is 42.1. The number of nitrogens with zero attached hydrogens (tertiary/aromatic N) is 1. The molecule has 0 bridgehead atoms. The van der Waals surface area contributed by atoms with Crippen LogP contribution < -0.4 is 29.4 Å². The topological polar surface area (TPSA) is 274 Å². The van der Waals surface area contributed by atoms with Crippen LogP contribution in [0.4, 0.5) is 4.39 Å². The van der Waals surface area contributed by atoms with E-state index in [1.807, 2.05) is 4.72 Å². The standard InChI is InChI=1S/C36H34FN4O13PS2/c37-26-17-25(4-3-23(26)19-38)54-55(48,49)20-41-57(50,51)36-16-24-15-31(52-9-7-39-34(46)13-21-1-5-27(42)29(44)11-21)32(18-33(24)56-36)53-10-8-40-35(47)14-22-2-6-28(43)30(45)12-22/h1-6,11-12,15-18,41-45H,7-10,13-14,20H2,(H,39,46)(H,40,47)(H,48,49). The molecule has 1 atom stereocenters. The number of fused-ring (bicyclic) bond motifs is 1. The number of sulfonamides is 1. The Morgan fingerprint density at radius 3 is 1.88 bits per heavy atom. The normalized spacial score (nSPS) is 12.3. The maximum atomic E-state index is 13.9. The van der Waals surface area contributed by atoms with Crippen LogP contribution in [-0.2, 0) is 37.0 Å². The monoisotopic (exact) mass is 844 g/mol. The Hall–Kier alpha value is -6.10. The van der Waals surface area contributed by atoms with Gasteiger partial charge in [-0.2, -0.15) is 9.98 Å². The van der Waals surface area contributed by atoms with Gasteiger partial charge in [0.15, 0.2) is 34.5 Å². The van der Waals surface area contributed by atoms with Crippen LogP contribution in [-0.4, -0.2) is 78.1 Å². The fourth-order valence-electron chi connectivity index (χ4n) is 5.02. The number of hydrogen-bond acceptors (Lipinski definition) is 14. The molecule has 0 saturated heterocycles. The number of hydrogen-bond donors (Lipinski definition) is 8. The van der Waals surface area contributed by atoms with Gasteiger partial charge < -0.3 is 50.0 Å². The molecule has 57 heavy (non-hydrogen) atoms. The Kier molecular flexibility index (Phi) is 13.4. The van der Waals surface area contributed by atoms with Crippen molar-refractivity contribution in [2.24, 2.45) is 0 Å². The minimum Gasteiger partial charge on any atom is -0.504 e. The number of rotatable bonds is 18. The first-order chi connectivity index (χ1) is 27.0. The fourth-order valence-corrected chi connectivity index (χ4v) is 8.97. The zero-order chi connectivity index (χ0) is 41.3. The van der Waals surface area contributed by atoms with Crippen molar-refractivity contribution in [3.05, 3.63) is 95.3 Å². The van der Waals surface area contributed by atoms with E-state index in [2.05, 4.69) is 10.6 Å². The van der Waals surface area contributed by atoms with Crippen LogP contribution in [0, 0.1) is 17.1 Å². The van der Waals surface area contributed by atoms with E-state index in [-0.39, 0.29) is 83.4 Å². The summed E-state index contributed by atoms with van der Waals surface area (Å²) in [7, 11) is -9.11. The van der Waals surface area contributed by atoms with Crippen molar-refractivity contribution in [3.8, 4) is 46.3 Å². The second-order valence-corrected chi connectivity index (χ2v) is 16.9. The summed E-state index contributed by atoms with van der Waals surface area (Å²) < 4.78 is 71.9. The molecule has 1 unspecified atom stereocenters. The van der Waals surface area contributed by atoms with Crippen molar-refractivity contribution in [2.45, 2.75) is 17.1 Å². The first-order valence-corrected chi connectivity index (χ1v) is 20.7. The molecule has 17 nitrogen and oxygen atoms in total. The molecular formula is C36H34FN4O13PS2. The van der Waals surface area contributed by atoms with Crippen molar-refractivity contribution in [2.75, 3.05) is 32.6 Å². The number of phenols is 4. The van der Waals surface area contributed by atoms with Gasteiger partial charge in [-0.1, -0.05) is 12.1 Å². The molecule has 0 saturated carbocycles. The van der Waals surface area contributed by atoms with E-state index in [1.54, 1.807) is 6.07 Å². The third-order valence-electron chi connectivity index (χ3n) is 7.76. The second-order valence-electron chi connectivity index (χ2n) is 12.1. The number of ether oxygens (including phenoxy) is 2. The fraction of sp³-hybridized carbons (Fsp3) is 0.194. The Balaban J connectivity index is 1.25. The molecule has 300 valence electrons. The number of amides is 2. The van der Waals surface area contributed by atoms with E-state index in [9.17, 15) is 52.3 Å². The largest absolute Gasteiger partial charge is 0.504 e. The summed E-state index contributed by atoms with van der Waals surface area (Å²) >= 11 is 0.793. The molecule has 0 aliphatic carbocycles. The number of carbonyl (C=O) groups excluding carboxylic acids is 2. The number of nitriles is 1. The van der Waals surface area contributed by atoms with E-state index in [0.717, 1.165) is 29.5 Å². The molecule has 2 amide bonds. The predicted molar refractivity (Wildman–Crippen MR) is 203 cm³/mol. The molecule has 8 N–H and O–H groups in total. The van der Waals surface area contributed by atoms with Gasteiger partial charge in [-0.3, -0.25) is 9.59 Å². The Morgan fingerprint density at radius 2 is 1.35 bits per heavy atom. The number of halogens is 1. The van der Waals surface area contributed by atoms with Gasteiger partial charge in [0.05, 0.1) is 31.5 Å². The van der Waals surface area contributed by atoms with Crippen LogP contribution in [0.3, 0.4) is 0 Å². The van der Waals surface area contributed by atoms with E-state index < -0.39 is 47.3 Å². The summed E-state index contributed by atoms with van der Waals surface area (Å²) in [5, 5.41) is 52.9. The summed E-state index contributed by atoms with van der Waals surface area (Å²) in [5.74, 6) is -3.31. The van der Waals surface area contributed by atoms with Gasteiger partial charge in [0.2, 0.25) is 11.8 Å². The number of phenolic OH excluding ortho intramolecular Hbond substituents is 4. The Bertz CT molecular complexity index is 2400. The van der Waals surface area contributed by atoms with E-state index in [0.29, 0.717) is 21.2 Å². The molecule has 0 aliphatic rings. The number of carbonyl (C=O) groups is 2. The third-order valence-corrected chi connectivity index (χ3v) is 12.0. The summed E-state index contributed by atoms with van der Waals surface area (Å²) in [6.07, 6.45) is -1.27. The average Bonchev–Trinajstić information content (AvgIpc) is 3.58. The lowest BCUT2D eigenvalue weighted by molar-refractivity contribution is -0.121. The average molecular weight is 845 g/mol. The summed E-state index contributed by atoms with van der Waals surface area (Å²) in [4.78, 5) is 35.2. The number of nitrogens with one attached hydrogen (secondary N) is 3. The highest BCUT2D eigenvalue weighted by atomic mass is 32.2. The number of thiophene rings is 1. The maximum Gasteiger partial charge on any atom is 0.391 e. The number of aromatic hydroxyl groups is 4. The SMILES string of the molecule is N#Cc1ccc(OP(=O)(O)CNS(=O)(=O)c2cc3cc(OCCNC(=O)Cc4ccc(O)c(O)c4)c(OCCNC(=O)Cc4ccc(O)c(O)c4)cc3s2)cc1F. The minimum absolute atomic E-state index is 0.0226. The summed E-state index contributed by atoms with van der Waals surface area (Å²) in [6, 6.07) is 16.7. The van der Waals surface area contributed by atoms with Gasteiger partial charge in [0, 0.05) is 16.8 Å². The molecule has 4 aromatic carbocycles. The lowest BCUT2D eigenvalue weighted by atomic mass is 10.1. The molecule has 0 fully saturated rings. The highest BCUT2D eigenvalue weighted by molar-refractivity contribution is 7.92. The van der Waals surface area contributed by atoms with Crippen molar-refractivity contribution in [3.63, 3.8) is 0 Å². The molecule has 5 rings (SSSR count). The highest BCUT2D eigenvalue weighted by Gasteiger charge is 2.27. The molecular weight excluding hydrogens is 811 g/mol. The van der Waals surface area contributed by atoms with Crippen molar-refractivity contribution < 1.29 is 66.3 Å². The smallest absolute Gasteiger partial charge is 0.391 e. The van der Waals surface area contributed by atoms with Gasteiger partial charge >= 0.3 is 7.60 Å². The maximum absolute atomic E-state index is 13.9. The molecule has 0 radical (unpaired) electrons. The lowest BCUT2D eigenvalue weighted by Crippen LogP contribution is -2.30. The summed E-state index contributed by atoms with van der Waals surface area (Å²) in [5.41, 5.74) is 0.578. The predicted octanol–water partition coefficient (Wildman–Crippen LogP) is 3.71. The van der Waals surface area contributed by atoms with Crippen LogP contribution in [0.1, 0.15) is 16.7 Å². The second kappa shape index (κ2) is 18.2. The molecule has 0 spiro atoms. The molecule has 1 heterocycles. The quantitative estimate of drug-likeness (QED) is 0.0355. The van der Waals surface area contributed by atoms with Gasteiger partial charge in [-0.05, 0) is 65.0 Å². The zero-order valence-electron chi connectivity index (χ0n) is 29.5. The third kappa shape index (κ3) is 11.7. The first-order valence-electron chi connectivity index (χ1n) is 16.6. The Morgan fingerprint density at radius 1 is 0.789 bits per heavy atom.